The molecule has 0 unspecified atom stereocenters. The third-order valence-corrected chi connectivity index (χ3v) is 3.54. The van der Waals surface area contributed by atoms with Crippen LogP contribution in [-0.2, 0) is 0 Å². The van der Waals surface area contributed by atoms with E-state index < -0.39 is 4.92 Å². The van der Waals surface area contributed by atoms with Gasteiger partial charge in [-0.15, -0.1) is 0 Å². The smallest absolute Gasteiger partial charge is 0.235 e. The van der Waals surface area contributed by atoms with E-state index in [0.29, 0.717) is 0 Å². The Kier molecular flexibility index (Phi) is 9.75. The number of benzene rings is 1. The molecule has 4 nitrogen and oxygen atoms in total. The van der Waals surface area contributed by atoms with Crippen molar-refractivity contribution in [2.45, 2.75) is 58.3 Å². The lowest BCUT2D eigenvalue weighted by molar-refractivity contribution is -0.400. The monoisotopic (exact) mass is 305 g/mol. The SMILES string of the molecule is CCCCCCCCCCOc1ccc(C=C[N+](=O)[O-])cc1. The van der Waals surface area contributed by atoms with Gasteiger partial charge >= 0.3 is 0 Å². The van der Waals surface area contributed by atoms with Crippen LogP contribution in [0.2, 0.25) is 0 Å². The Bertz CT molecular complexity index is 440. The molecule has 1 rings (SSSR count). The van der Waals surface area contributed by atoms with Crippen molar-refractivity contribution >= 4 is 6.08 Å². The Balaban J connectivity index is 2.09. The number of rotatable bonds is 12. The maximum absolute atomic E-state index is 10.2. The molecule has 0 bridgehead atoms. The van der Waals surface area contributed by atoms with E-state index in [4.69, 9.17) is 4.74 Å². The van der Waals surface area contributed by atoms with Gasteiger partial charge < -0.3 is 4.74 Å². The van der Waals surface area contributed by atoms with Gasteiger partial charge in [-0.25, -0.2) is 0 Å². The fourth-order valence-corrected chi connectivity index (χ4v) is 2.25. The molecule has 0 saturated heterocycles. The van der Waals surface area contributed by atoms with Crippen LogP contribution in [0.25, 0.3) is 6.08 Å². The minimum atomic E-state index is -0.466. The van der Waals surface area contributed by atoms with Gasteiger partial charge in [-0.05, 0) is 24.1 Å². The highest BCUT2D eigenvalue weighted by Gasteiger charge is 1.96. The van der Waals surface area contributed by atoms with Crippen molar-refractivity contribution in [1.82, 2.24) is 0 Å². The number of hydrogen-bond acceptors (Lipinski definition) is 3. The van der Waals surface area contributed by atoms with Gasteiger partial charge in [-0.2, -0.15) is 0 Å². The maximum atomic E-state index is 10.2. The average molecular weight is 305 g/mol. The summed E-state index contributed by atoms with van der Waals surface area (Å²) in [7, 11) is 0. The molecular weight excluding hydrogens is 278 g/mol. The van der Waals surface area contributed by atoms with Crippen molar-refractivity contribution in [3.05, 3.63) is 46.1 Å². The molecular formula is C18H27NO3. The lowest BCUT2D eigenvalue weighted by Gasteiger charge is -2.06. The molecule has 0 aliphatic rings. The summed E-state index contributed by atoms with van der Waals surface area (Å²) in [5.41, 5.74) is 0.802. The lowest BCUT2D eigenvalue weighted by atomic mass is 10.1. The molecule has 0 radical (unpaired) electrons. The zero-order valence-electron chi connectivity index (χ0n) is 13.5. The van der Waals surface area contributed by atoms with Crippen molar-refractivity contribution in [2.75, 3.05) is 6.61 Å². The molecule has 22 heavy (non-hydrogen) atoms. The summed E-state index contributed by atoms with van der Waals surface area (Å²) in [6.45, 7) is 2.97. The number of unbranched alkanes of at least 4 members (excludes halogenated alkanes) is 7. The second-order valence-corrected chi connectivity index (χ2v) is 5.49. The molecule has 1 aromatic carbocycles. The number of ether oxygens (including phenoxy) is 1. The van der Waals surface area contributed by atoms with Crippen LogP contribution in [0.5, 0.6) is 5.75 Å². The molecule has 4 heteroatoms. The second-order valence-electron chi connectivity index (χ2n) is 5.49. The Morgan fingerprint density at radius 1 is 1.00 bits per heavy atom. The largest absolute Gasteiger partial charge is 0.494 e. The van der Waals surface area contributed by atoms with Crippen molar-refractivity contribution in [3.63, 3.8) is 0 Å². The van der Waals surface area contributed by atoms with Crippen LogP contribution >= 0.6 is 0 Å². The Morgan fingerprint density at radius 3 is 2.18 bits per heavy atom. The molecule has 0 spiro atoms. The highest BCUT2D eigenvalue weighted by atomic mass is 16.6. The minimum Gasteiger partial charge on any atom is -0.494 e. The maximum Gasteiger partial charge on any atom is 0.235 e. The van der Waals surface area contributed by atoms with Gasteiger partial charge in [-0.1, -0.05) is 64.0 Å². The van der Waals surface area contributed by atoms with E-state index in [1.165, 1.54) is 51.0 Å². The van der Waals surface area contributed by atoms with E-state index >= 15 is 0 Å². The topological polar surface area (TPSA) is 52.4 Å². The molecule has 0 aliphatic heterocycles. The molecule has 0 saturated carbocycles. The summed E-state index contributed by atoms with van der Waals surface area (Å²) in [5.74, 6) is 0.821. The molecule has 0 aliphatic carbocycles. The van der Waals surface area contributed by atoms with Crippen LogP contribution in [0.4, 0.5) is 0 Å². The van der Waals surface area contributed by atoms with Gasteiger partial charge in [0.25, 0.3) is 0 Å². The minimum absolute atomic E-state index is 0.466. The zero-order valence-corrected chi connectivity index (χ0v) is 13.5. The Morgan fingerprint density at radius 2 is 1.59 bits per heavy atom. The molecule has 122 valence electrons. The fraction of sp³-hybridized carbons (Fsp3) is 0.556. The van der Waals surface area contributed by atoms with E-state index in [9.17, 15) is 10.1 Å². The van der Waals surface area contributed by atoms with Gasteiger partial charge in [-0.3, -0.25) is 10.1 Å². The summed E-state index contributed by atoms with van der Waals surface area (Å²) >= 11 is 0. The zero-order chi connectivity index (χ0) is 16.0. The summed E-state index contributed by atoms with van der Waals surface area (Å²) < 4.78 is 5.67. The van der Waals surface area contributed by atoms with E-state index in [0.717, 1.165) is 30.5 Å². The fourth-order valence-electron chi connectivity index (χ4n) is 2.25. The highest BCUT2D eigenvalue weighted by molar-refractivity contribution is 5.49. The van der Waals surface area contributed by atoms with Crippen LogP contribution in [0.3, 0.4) is 0 Å². The van der Waals surface area contributed by atoms with Crippen molar-refractivity contribution in [3.8, 4) is 5.75 Å². The summed E-state index contributed by atoms with van der Waals surface area (Å²) in [6.07, 6.45) is 12.7. The van der Waals surface area contributed by atoms with Crippen LogP contribution in [0.15, 0.2) is 30.5 Å². The van der Waals surface area contributed by atoms with E-state index in [2.05, 4.69) is 6.92 Å². The Labute approximate surface area is 133 Å². The summed E-state index contributed by atoms with van der Waals surface area (Å²) in [4.78, 5) is 9.77. The molecule has 0 fully saturated rings. The third kappa shape index (κ3) is 9.16. The van der Waals surface area contributed by atoms with Crippen LogP contribution in [0.1, 0.15) is 63.9 Å². The normalized spacial score (nSPS) is 11.0. The van der Waals surface area contributed by atoms with Gasteiger partial charge in [0.1, 0.15) is 5.75 Å². The van der Waals surface area contributed by atoms with Crippen molar-refractivity contribution in [2.24, 2.45) is 0 Å². The van der Waals surface area contributed by atoms with Crippen LogP contribution in [-0.4, -0.2) is 11.5 Å². The second kappa shape index (κ2) is 11.8. The van der Waals surface area contributed by atoms with E-state index in [1.54, 1.807) is 0 Å². The van der Waals surface area contributed by atoms with Crippen LogP contribution < -0.4 is 4.74 Å². The molecule has 0 amide bonds. The quantitative estimate of drug-likeness (QED) is 0.293. The highest BCUT2D eigenvalue weighted by Crippen LogP contribution is 2.14. The first-order valence-corrected chi connectivity index (χ1v) is 8.27. The molecule has 0 heterocycles. The third-order valence-electron chi connectivity index (χ3n) is 3.54. The molecule has 0 aromatic heterocycles. The molecule has 1 aromatic rings. The lowest BCUT2D eigenvalue weighted by Crippen LogP contribution is -1.97. The number of nitro groups is 1. The number of hydrogen-bond donors (Lipinski definition) is 0. The van der Waals surface area contributed by atoms with Gasteiger partial charge in [0.05, 0.1) is 11.5 Å². The predicted octanol–water partition coefficient (Wildman–Crippen LogP) is 5.45. The standard InChI is InChI=1S/C18H27NO3/c1-2-3-4-5-6-7-8-9-16-22-18-12-10-17(11-13-18)14-15-19(20)21/h10-15H,2-9,16H2,1H3. The number of nitrogens with zero attached hydrogens (tertiary/aromatic N) is 1. The Hall–Kier alpha value is -1.84. The van der Waals surface area contributed by atoms with Gasteiger partial charge in [0.2, 0.25) is 6.20 Å². The first kappa shape index (κ1) is 18.2. The predicted molar refractivity (Wildman–Crippen MR) is 90.6 cm³/mol. The van der Waals surface area contributed by atoms with Crippen molar-refractivity contribution < 1.29 is 9.66 Å². The van der Waals surface area contributed by atoms with Gasteiger partial charge in [0.15, 0.2) is 0 Å². The summed E-state index contributed by atoms with van der Waals surface area (Å²) in [5, 5.41) is 10.2. The van der Waals surface area contributed by atoms with Crippen LogP contribution in [0, 0.1) is 10.1 Å². The van der Waals surface area contributed by atoms with Gasteiger partial charge in [0, 0.05) is 6.08 Å². The first-order valence-electron chi connectivity index (χ1n) is 8.27. The summed E-state index contributed by atoms with van der Waals surface area (Å²) in [6, 6.07) is 7.35. The van der Waals surface area contributed by atoms with E-state index in [-0.39, 0.29) is 0 Å². The van der Waals surface area contributed by atoms with Crippen molar-refractivity contribution in [1.29, 1.82) is 0 Å². The average Bonchev–Trinajstić information content (AvgIpc) is 2.52. The van der Waals surface area contributed by atoms with E-state index in [1.807, 2.05) is 24.3 Å². The first-order chi connectivity index (χ1) is 10.7. The molecule has 0 N–H and O–H groups in total. The molecule has 0 atom stereocenters.